The van der Waals surface area contributed by atoms with Gasteiger partial charge in [0, 0.05) is 0 Å². The fourth-order valence-corrected chi connectivity index (χ4v) is 1.90. The van der Waals surface area contributed by atoms with E-state index in [2.05, 4.69) is 10.8 Å². The molecule has 0 radical (unpaired) electrons. The van der Waals surface area contributed by atoms with Crippen LogP contribution in [0.15, 0.2) is 4.99 Å². The Hall–Kier alpha value is -0.541. The average molecular weight is 279 g/mol. The van der Waals surface area contributed by atoms with Gasteiger partial charge in [0.15, 0.2) is 0 Å². The number of ether oxygens (including phenoxy) is 1. The first-order chi connectivity index (χ1) is 7.11. The van der Waals surface area contributed by atoms with Gasteiger partial charge in [-0.05, 0) is 0 Å². The topological polar surface area (TPSA) is 41.9 Å². The van der Waals surface area contributed by atoms with E-state index in [0.717, 1.165) is 11.7 Å². The number of nitrogens with zero attached hydrogens (tertiary/aromatic N) is 2. The Bertz CT molecular complexity index is 208. The Labute approximate surface area is 98.2 Å². The van der Waals surface area contributed by atoms with Crippen LogP contribution < -0.4 is 0 Å². The monoisotopic (exact) mass is 280 g/mol. The summed E-state index contributed by atoms with van der Waals surface area (Å²) < 4.78 is 4.97. The number of aliphatic imine (C=N–C) groups is 1. The summed E-state index contributed by atoms with van der Waals surface area (Å²) in [5.41, 5.74) is 0. The van der Waals surface area contributed by atoms with Gasteiger partial charge >= 0.3 is 97.9 Å². The summed E-state index contributed by atoms with van der Waals surface area (Å²) in [6.45, 7) is 2.23. The number of hydrogen-bond acceptors (Lipinski definition) is 3. The molecule has 1 unspecified atom stereocenters. The molecule has 15 heavy (non-hydrogen) atoms. The zero-order chi connectivity index (χ0) is 11.7. The van der Waals surface area contributed by atoms with E-state index < -0.39 is 0 Å². The molecule has 88 valence electrons. The molecule has 0 rings (SSSR count). The van der Waals surface area contributed by atoms with Gasteiger partial charge in [-0.25, -0.2) is 0 Å². The van der Waals surface area contributed by atoms with Gasteiger partial charge in [-0.3, -0.25) is 0 Å². The molecule has 1 atom stereocenters. The standard InChI is InChI=1S/C10H20N2O2Se/c1-5-14-10(13)9(6-7-15-4)11-8-12(2)3/h8-9H,5-7H2,1-4H3. The van der Waals surface area contributed by atoms with Gasteiger partial charge in [-0.1, -0.05) is 0 Å². The summed E-state index contributed by atoms with van der Waals surface area (Å²) >= 11 is 0.582. The molecule has 0 aromatic heterocycles. The molecular weight excluding hydrogens is 259 g/mol. The van der Waals surface area contributed by atoms with Crippen LogP contribution in [0.25, 0.3) is 0 Å². The molecule has 5 heteroatoms. The van der Waals surface area contributed by atoms with Gasteiger partial charge in [-0.15, -0.1) is 0 Å². The molecule has 0 saturated carbocycles. The van der Waals surface area contributed by atoms with E-state index in [1.807, 2.05) is 25.9 Å². The van der Waals surface area contributed by atoms with Crippen molar-refractivity contribution < 1.29 is 9.53 Å². The number of carbonyl (C=O) groups excluding carboxylic acids is 1. The van der Waals surface area contributed by atoms with Gasteiger partial charge in [0.1, 0.15) is 0 Å². The molecule has 0 spiro atoms. The maximum atomic E-state index is 11.5. The van der Waals surface area contributed by atoms with Crippen molar-refractivity contribution in [3.05, 3.63) is 0 Å². The predicted molar refractivity (Wildman–Crippen MR) is 63.6 cm³/mol. The zero-order valence-electron chi connectivity index (χ0n) is 9.90. The van der Waals surface area contributed by atoms with Gasteiger partial charge in [0.05, 0.1) is 0 Å². The third-order valence-corrected chi connectivity index (χ3v) is 2.98. The predicted octanol–water partition coefficient (Wildman–Crippen LogP) is 1.07. The average Bonchev–Trinajstić information content (AvgIpc) is 2.17. The summed E-state index contributed by atoms with van der Waals surface area (Å²) in [6, 6.07) is -0.325. The van der Waals surface area contributed by atoms with Crippen LogP contribution in [-0.4, -0.2) is 58.9 Å². The number of carbonyl (C=O) groups is 1. The molecule has 0 amide bonds. The molecule has 0 N–H and O–H groups in total. The molecule has 4 nitrogen and oxygen atoms in total. The zero-order valence-corrected chi connectivity index (χ0v) is 11.6. The second-order valence-electron chi connectivity index (χ2n) is 3.28. The molecule has 0 fully saturated rings. The Morgan fingerprint density at radius 1 is 1.60 bits per heavy atom. The fraction of sp³-hybridized carbons (Fsp3) is 0.800. The van der Waals surface area contributed by atoms with E-state index in [-0.39, 0.29) is 12.0 Å². The molecule has 0 saturated heterocycles. The van der Waals surface area contributed by atoms with E-state index in [1.165, 1.54) is 0 Å². The van der Waals surface area contributed by atoms with Gasteiger partial charge in [0.2, 0.25) is 0 Å². The first kappa shape index (κ1) is 14.5. The second kappa shape index (κ2) is 8.74. The summed E-state index contributed by atoms with van der Waals surface area (Å²) in [7, 11) is 3.77. The first-order valence-electron chi connectivity index (χ1n) is 4.97. The van der Waals surface area contributed by atoms with Crippen LogP contribution in [0.4, 0.5) is 0 Å². The van der Waals surface area contributed by atoms with Gasteiger partial charge in [0.25, 0.3) is 0 Å². The number of esters is 1. The summed E-state index contributed by atoms with van der Waals surface area (Å²) in [5.74, 6) is 1.95. The minimum atomic E-state index is -0.325. The van der Waals surface area contributed by atoms with Crippen molar-refractivity contribution in [2.75, 3.05) is 20.7 Å². The maximum absolute atomic E-state index is 11.5. The van der Waals surface area contributed by atoms with E-state index >= 15 is 0 Å². The van der Waals surface area contributed by atoms with Crippen LogP contribution in [-0.2, 0) is 9.53 Å². The van der Waals surface area contributed by atoms with Crippen molar-refractivity contribution in [1.82, 2.24) is 4.90 Å². The third kappa shape index (κ3) is 7.40. The summed E-state index contributed by atoms with van der Waals surface area (Å²) in [5, 5.41) is 1.06. The van der Waals surface area contributed by atoms with Crippen LogP contribution >= 0.6 is 0 Å². The summed E-state index contributed by atoms with van der Waals surface area (Å²) in [6.07, 6.45) is 2.46. The van der Waals surface area contributed by atoms with Crippen LogP contribution in [0.3, 0.4) is 0 Å². The molecule has 0 heterocycles. The Morgan fingerprint density at radius 2 is 2.27 bits per heavy atom. The van der Waals surface area contributed by atoms with Crippen molar-refractivity contribution >= 4 is 27.3 Å². The number of hydrogen-bond donors (Lipinski definition) is 0. The van der Waals surface area contributed by atoms with Crippen molar-refractivity contribution in [3.8, 4) is 0 Å². The van der Waals surface area contributed by atoms with Crippen molar-refractivity contribution in [3.63, 3.8) is 0 Å². The first-order valence-corrected chi connectivity index (χ1v) is 7.89. The Kier molecular flexibility index (Phi) is 8.43. The molecule has 0 aromatic rings. The van der Waals surface area contributed by atoms with E-state index in [9.17, 15) is 4.79 Å². The minimum absolute atomic E-state index is 0.208. The molecule has 0 aliphatic carbocycles. The van der Waals surface area contributed by atoms with E-state index in [0.29, 0.717) is 21.6 Å². The Morgan fingerprint density at radius 3 is 2.73 bits per heavy atom. The van der Waals surface area contributed by atoms with Crippen LogP contribution in [0.5, 0.6) is 0 Å². The normalized spacial score (nSPS) is 12.8. The van der Waals surface area contributed by atoms with Crippen LogP contribution in [0, 0.1) is 0 Å². The van der Waals surface area contributed by atoms with Crippen LogP contribution in [0.2, 0.25) is 11.1 Å². The SMILES string of the molecule is CCOC(=O)C(CC[Se]C)N=CN(C)C. The summed E-state index contributed by atoms with van der Waals surface area (Å²) in [4.78, 5) is 17.6. The third-order valence-electron chi connectivity index (χ3n) is 1.63. The quantitative estimate of drug-likeness (QED) is 0.303. The number of rotatable bonds is 7. The van der Waals surface area contributed by atoms with Crippen molar-refractivity contribution in [1.29, 1.82) is 0 Å². The molecule has 0 aliphatic heterocycles. The fourth-order valence-electron chi connectivity index (χ4n) is 0.935. The van der Waals surface area contributed by atoms with Crippen molar-refractivity contribution in [2.24, 2.45) is 4.99 Å². The molecule has 0 bridgehead atoms. The van der Waals surface area contributed by atoms with Gasteiger partial charge in [-0.2, -0.15) is 0 Å². The second-order valence-corrected chi connectivity index (χ2v) is 5.35. The molecule has 0 aliphatic rings. The van der Waals surface area contributed by atoms with E-state index in [4.69, 9.17) is 4.74 Å². The molecule has 0 aromatic carbocycles. The van der Waals surface area contributed by atoms with Gasteiger partial charge < -0.3 is 0 Å². The van der Waals surface area contributed by atoms with E-state index in [1.54, 1.807) is 6.34 Å². The van der Waals surface area contributed by atoms with Crippen LogP contribution in [0.1, 0.15) is 13.3 Å². The van der Waals surface area contributed by atoms with Crippen molar-refractivity contribution in [2.45, 2.75) is 30.5 Å². The molecular formula is C10H20N2O2Se. The Balaban J connectivity index is 4.22.